The molecule has 0 atom stereocenters. The van der Waals surface area contributed by atoms with E-state index in [2.05, 4.69) is 38.1 Å². The molecule has 3 N–H and O–H groups in total. The van der Waals surface area contributed by atoms with Crippen molar-refractivity contribution in [3.05, 3.63) is 72.0 Å². The van der Waals surface area contributed by atoms with Crippen LogP contribution in [0.5, 0.6) is 5.75 Å². The van der Waals surface area contributed by atoms with Crippen molar-refractivity contribution in [3.63, 3.8) is 0 Å². The van der Waals surface area contributed by atoms with E-state index in [-0.39, 0.29) is 5.75 Å². The van der Waals surface area contributed by atoms with Crippen LogP contribution in [0.25, 0.3) is 11.8 Å². The maximum Gasteiger partial charge on any atom is 0.573 e. The molecule has 0 amide bonds. The summed E-state index contributed by atoms with van der Waals surface area (Å²) in [6.45, 7) is 4.06. The minimum atomic E-state index is -4.74. The fourth-order valence-electron chi connectivity index (χ4n) is 2.83. The number of ether oxygens (including phenoxy) is 1. The van der Waals surface area contributed by atoms with Gasteiger partial charge in [-0.15, -0.1) is 18.3 Å². The van der Waals surface area contributed by atoms with Gasteiger partial charge in [0.1, 0.15) is 18.3 Å². The van der Waals surface area contributed by atoms with E-state index in [1.165, 1.54) is 47.6 Å². The highest BCUT2D eigenvalue weighted by molar-refractivity contribution is 7.80. The summed E-state index contributed by atoms with van der Waals surface area (Å²) in [5, 5.41) is 7.65. The van der Waals surface area contributed by atoms with Crippen LogP contribution in [-0.4, -0.2) is 26.2 Å². The van der Waals surface area contributed by atoms with Gasteiger partial charge in [-0.1, -0.05) is 30.7 Å². The Morgan fingerprint density at radius 1 is 1.18 bits per heavy atom. The summed E-state index contributed by atoms with van der Waals surface area (Å²) in [6, 6.07) is 11.3. The van der Waals surface area contributed by atoms with Gasteiger partial charge >= 0.3 is 6.36 Å². The van der Waals surface area contributed by atoms with Crippen LogP contribution in [0.1, 0.15) is 23.9 Å². The summed E-state index contributed by atoms with van der Waals surface area (Å²) in [5.74, 6) is -0.000163. The zero-order chi connectivity index (χ0) is 23.8. The van der Waals surface area contributed by atoms with Crippen LogP contribution < -0.4 is 21.1 Å². The molecule has 8 nitrogen and oxygen atoms in total. The molecule has 0 aliphatic carbocycles. The van der Waals surface area contributed by atoms with Crippen LogP contribution in [0.3, 0.4) is 0 Å². The minimum absolute atomic E-state index is 0.320. The molecule has 0 spiro atoms. The normalized spacial score (nSPS) is 11.4. The average Bonchev–Trinajstić information content (AvgIpc) is 3.23. The summed E-state index contributed by atoms with van der Waals surface area (Å²) >= 11 is 5.25. The maximum absolute atomic E-state index is 12.2. The Morgan fingerprint density at radius 3 is 2.64 bits per heavy atom. The Kier molecular flexibility index (Phi) is 7.85. The lowest BCUT2D eigenvalue weighted by Gasteiger charge is -2.15. The van der Waals surface area contributed by atoms with Crippen molar-refractivity contribution in [3.8, 4) is 11.4 Å². The van der Waals surface area contributed by atoms with Gasteiger partial charge in [0.05, 0.1) is 5.69 Å². The van der Waals surface area contributed by atoms with Gasteiger partial charge < -0.3 is 14.9 Å². The maximum atomic E-state index is 12.2. The fourth-order valence-corrected chi connectivity index (χ4v) is 2.97. The molecule has 12 heteroatoms. The SMILES string of the molecule is CCc1cccc(C)c1NC(=S)NNO/C=C/c1ncn(-c2ccc(OC(F)(F)F)cc2)n1. The van der Waals surface area contributed by atoms with Crippen molar-refractivity contribution < 1.29 is 22.7 Å². The third-order valence-electron chi connectivity index (χ3n) is 4.33. The molecule has 3 rings (SSSR count). The summed E-state index contributed by atoms with van der Waals surface area (Å²) in [7, 11) is 0. The summed E-state index contributed by atoms with van der Waals surface area (Å²) < 4.78 is 42.0. The Bertz CT molecular complexity index is 1120. The summed E-state index contributed by atoms with van der Waals surface area (Å²) in [4.78, 5) is 9.21. The van der Waals surface area contributed by atoms with E-state index in [1.807, 2.05) is 25.1 Å². The van der Waals surface area contributed by atoms with E-state index in [9.17, 15) is 13.2 Å². The largest absolute Gasteiger partial charge is 0.573 e. The number of hydrogen-bond acceptors (Lipinski definition) is 6. The highest BCUT2D eigenvalue weighted by atomic mass is 32.1. The van der Waals surface area contributed by atoms with Gasteiger partial charge in [0, 0.05) is 11.8 Å². The van der Waals surface area contributed by atoms with E-state index in [0.717, 1.165) is 23.2 Å². The summed E-state index contributed by atoms with van der Waals surface area (Å²) in [5.41, 5.74) is 8.87. The van der Waals surface area contributed by atoms with Crippen LogP contribution in [0.4, 0.5) is 18.9 Å². The number of halogens is 3. The van der Waals surface area contributed by atoms with Gasteiger partial charge in [-0.25, -0.2) is 9.67 Å². The second-order valence-electron chi connectivity index (χ2n) is 6.65. The molecule has 1 heterocycles. The van der Waals surface area contributed by atoms with Gasteiger partial charge in [-0.05, 0) is 61.0 Å². The number of aryl methyl sites for hydroxylation is 2. The van der Waals surface area contributed by atoms with E-state index in [1.54, 1.807) is 0 Å². The number of alkyl halides is 3. The van der Waals surface area contributed by atoms with Crippen molar-refractivity contribution in [1.82, 2.24) is 25.8 Å². The molecule has 0 bridgehead atoms. The van der Waals surface area contributed by atoms with E-state index in [0.29, 0.717) is 16.6 Å². The molecule has 2 aromatic carbocycles. The van der Waals surface area contributed by atoms with Gasteiger partial charge in [-0.2, -0.15) is 0 Å². The topological polar surface area (TPSA) is 85.3 Å². The summed E-state index contributed by atoms with van der Waals surface area (Å²) in [6.07, 6.45) is 0.330. The number of benzene rings is 2. The van der Waals surface area contributed by atoms with Crippen LogP contribution >= 0.6 is 12.2 Å². The number of hydrazine groups is 1. The molecule has 3 aromatic rings. The predicted octanol–water partition coefficient (Wildman–Crippen LogP) is 4.43. The van der Waals surface area contributed by atoms with E-state index >= 15 is 0 Å². The molecular formula is C21H21F3N6O2S. The molecule has 1 aromatic heterocycles. The monoisotopic (exact) mass is 478 g/mol. The number of nitrogens with zero attached hydrogens (tertiary/aromatic N) is 3. The predicted molar refractivity (Wildman–Crippen MR) is 121 cm³/mol. The van der Waals surface area contributed by atoms with Crippen molar-refractivity contribution in [1.29, 1.82) is 0 Å². The molecule has 0 saturated carbocycles. The van der Waals surface area contributed by atoms with Crippen molar-refractivity contribution >= 4 is 29.1 Å². The van der Waals surface area contributed by atoms with Gasteiger partial charge in [0.2, 0.25) is 0 Å². The number of rotatable bonds is 8. The first-order chi connectivity index (χ1) is 15.7. The van der Waals surface area contributed by atoms with Crippen molar-refractivity contribution in [2.24, 2.45) is 0 Å². The molecular weight excluding hydrogens is 457 g/mol. The van der Waals surface area contributed by atoms with Crippen LogP contribution in [-0.2, 0) is 11.3 Å². The number of thiocarbonyl (C=S) groups is 1. The van der Waals surface area contributed by atoms with Crippen molar-refractivity contribution in [2.45, 2.75) is 26.6 Å². The number of hydrogen-bond donors (Lipinski definition) is 3. The number of aromatic nitrogens is 3. The Balaban J connectivity index is 1.47. The first-order valence-corrected chi connectivity index (χ1v) is 10.2. The zero-order valence-corrected chi connectivity index (χ0v) is 18.5. The number of anilines is 1. The fraction of sp³-hybridized carbons (Fsp3) is 0.190. The smallest absolute Gasteiger partial charge is 0.406 e. The lowest BCUT2D eigenvalue weighted by atomic mass is 10.1. The van der Waals surface area contributed by atoms with Crippen molar-refractivity contribution in [2.75, 3.05) is 5.32 Å². The zero-order valence-electron chi connectivity index (χ0n) is 17.7. The molecule has 0 aliphatic rings. The lowest BCUT2D eigenvalue weighted by Crippen LogP contribution is -2.39. The van der Waals surface area contributed by atoms with Gasteiger partial charge in [-0.3, -0.25) is 5.43 Å². The van der Waals surface area contributed by atoms with E-state index < -0.39 is 6.36 Å². The molecule has 33 heavy (non-hydrogen) atoms. The second-order valence-corrected chi connectivity index (χ2v) is 7.06. The standard InChI is InChI=1S/C21H21F3N6O2S/c1-3-15-6-4-5-14(2)19(15)26-20(33)27-29-31-12-11-18-25-13-30(28-18)16-7-9-17(10-8-16)32-21(22,23)24/h4-13,29H,3H2,1-2H3,(H2,26,27,33)/b12-11+. The van der Waals surface area contributed by atoms with Crippen LogP contribution in [0.15, 0.2) is 55.1 Å². The third kappa shape index (κ3) is 7.19. The highest BCUT2D eigenvalue weighted by Gasteiger charge is 2.30. The molecule has 0 aliphatic heterocycles. The lowest BCUT2D eigenvalue weighted by molar-refractivity contribution is -0.274. The van der Waals surface area contributed by atoms with Crippen LogP contribution in [0, 0.1) is 6.92 Å². The van der Waals surface area contributed by atoms with Crippen LogP contribution in [0.2, 0.25) is 0 Å². The quantitative estimate of drug-likeness (QED) is 0.190. The Labute approximate surface area is 193 Å². The minimum Gasteiger partial charge on any atom is -0.406 e. The molecule has 0 unspecified atom stereocenters. The van der Waals surface area contributed by atoms with E-state index in [4.69, 9.17) is 17.1 Å². The first kappa shape index (κ1) is 24.0. The Hall–Kier alpha value is -3.64. The third-order valence-corrected chi connectivity index (χ3v) is 4.54. The number of para-hydroxylation sites is 1. The average molecular weight is 479 g/mol. The first-order valence-electron chi connectivity index (χ1n) is 9.75. The molecule has 0 saturated heterocycles. The van der Waals surface area contributed by atoms with Gasteiger partial charge in [0.15, 0.2) is 10.9 Å². The molecule has 0 radical (unpaired) electrons. The molecule has 0 fully saturated rings. The highest BCUT2D eigenvalue weighted by Crippen LogP contribution is 2.23. The second kappa shape index (κ2) is 10.8. The van der Waals surface area contributed by atoms with Gasteiger partial charge in [0.25, 0.3) is 0 Å². The molecule has 174 valence electrons. The number of nitrogens with one attached hydrogen (secondary N) is 3. The Morgan fingerprint density at radius 2 is 1.94 bits per heavy atom.